The Morgan fingerprint density at radius 3 is 2.79 bits per heavy atom. The van der Waals surface area contributed by atoms with Gasteiger partial charge in [0.25, 0.3) is 0 Å². The van der Waals surface area contributed by atoms with Crippen molar-refractivity contribution >= 4 is 11.8 Å². The fourth-order valence-corrected chi connectivity index (χ4v) is 4.23. The van der Waals surface area contributed by atoms with Crippen LogP contribution in [0.25, 0.3) is 0 Å². The van der Waals surface area contributed by atoms with Crippen molar-refractivity contribution in [2.45, 2.75) is 64.2 Å². The molecule has 0 radical (unpaired) electrons. The largest absolute Gasteiger partial charge is 0.388 e. The van der Waals surface area contributed by atoms with E-state index in [2.05, 4.69) is 26.1 Å². The Hall–Kier alpha value is 0.230. The van der Waals surface area contributed by atoms with Crippen LogP contribution in [0.2, 0.25) is 0 Å². The first-order valence-electron chi connectivity index (χ1n) is 7.63. The second-order valence-electron chi connectivity index (χ2n) is 6.73. The highest BCUT2D eigenvalue weighted by Gasteiger charge is 2.49. The molecule has 0 aromatic rings. The molecule has 0 spiro atoms. The van der Waals surface area contributed by atoms with Crippen LogP contribution in [0.15, 0.2) is 0 Å². The molecule has 0 bridgehead atoms. The quantitative estimate of drug-likeness (QED) is 0.706. The molecular formula is C15H29NO2S. The second kappa shape index (κ2) is 6.33. The predicted octanol–water partition coefficient (Wildman–Crippen LogP) is 2.43. The monoisotopic (exact) mass is 287 g/mol. The Labute approximate surface area is 121 Å². The molecule has 3 nitrogen and oxygen atoms in total. The van der Waals surface area contributed by atoms with Gasteiger partial charge in [0.1, 0.15) is 0 Å². The molecule has 2 aliphatic rings. The number of unbranched alkanes of at least 4 members (excludes halogenated alkanes) is 1. The van der Waals surface area contributed by atoms with Crippen LogP contribution in [0, 0.1) is 5.41 Å². The molecular weight excluding hydrogens is 258 g/mol. The first-order valence-corrected chi connectivity index (χ1v) is 8.78. The van der Waals surface area contributed by atoms with E-state index in [0.29, 0.717) is 12.1 Å². The van der Waals surface area contributed by atoms with E-state index in [1.54, 1.807) is 0 Å². The van der Waals surface area contributed by atoms with E-state index in [-0.39, 0.29) is 5.41 Å². The SMILES string of the molecule is CCCCOC1CC(NCC2(O)CCSC2)C1(C)C. The molecule has 1 aliphatic heterocycles. The zero-order valence-electron chi connectivity index (χ0n) is 12.6. The fourth-order valence-electron chi connectivity index (χ4n) is 2.93. The maximum atomic E-state index is 10.4. The number of ether oxygens (including phenoxy) is 1. The van der Waals surface area contributed by atoms with Gasteiger partial charge in [0.2, 0.25) is 0 Å². The minimum atomic E-state index is -0.477. The third-order valence-corrected chi connectivity index (χ3v) is 5.99. The van der Waals surface area contributed by atoms with Gasteiger partial charge in [0, 0.05) is 30.4 Å². The van der Waals surface area contributed by atoms with Gasteiger partial charge >= 0.3 is 0 Å². The maximum Gasteiger partial charge on any atom is 0.0869 e. The molecule has 3 unspecified atom stereocenters. The Balaban J connectivity index is 1.71. The van der Waals surface area contributed by atoms with Crippen molar-refractivity contribution in [1.82, 2.24) is 5.32 Å². The van der Waals surface area contributed by atoms with E-state index in [1.807, 2.05) is 11.8 Å². The zero-order valence-corrected chi connectivity index (χ0v) is 13.4. The minimum Gasteiger partial charge on any atom is -0.388 e. The van der Waals surface area contributed by atoms with Gasteiger partial charge < -0.3 is 15.2 Å². The van der Waals surface area contributed by atoms with Gasteiger partial charge in [-0.15, -0.1) is 0 Å². The maximum absolute atomic E-state index is 10.4. The molecule has 112 valence electrons. The summed E-state index contributed by atoms with van der Waals surface area (Å²) in [4.78, 5) is 0. The molecule has 3 atom stereocenters. The van der Waals surface area contributed by atoms with Crippen molar-refractivity contribution in [3.05, 3.63) is 0 Å². The molecule has 2 N–H and O–H groups in total. The molecule has 0 aromatic carbocycles. The van der Waals surface area contributed by atoms with E-state index in [1.165, 1.54) is 6.42 Å². The first-order chi connectivity index (χ1) is 8.98. The number of aliphatic hydroxyl groups is 1. The topological polar surface area (TPSA) is 41.5 Å². The number of thioether (sulfide) groups is 1. The molecule has 4 heteroatoms. The molecule has 2 rings (SSSR count). The van der Waals surface area contributed by atoms with E-state index >= 15 is 0 Å². The van der Waals surface area contributed by atoms with Crippen molar-refractivity contribution in [3.63, 3.8) is 0 Å². The molecule has 1 aliphatic carbocycles. The lowest BCUT2D eigenvalue weighted by atomic mass is 9.64. The molecule has 1 saturated carbocycles. The second-order valence-corrected chi connectivity index (χ2v) is 7.84. The first kappa shape index (κ1) is 15.6. The summed E-state index contributed by atoms with van der Waals surface area (Å²) < 4.78 is 5.95. The van der Waals surface area contributed by atoms with E-state index in [9.17, 15) is 5.11 Å². The standard InChI is InChI=1S/C15H29NO2S/c1-4-5-7-18-13-9-12(14(13,2)3)16-10-15(17)6-8-19-11-15/h12-13,16-17H,4-11H2,1-3H3. The molecule has 0 aromatic heterocycles. The molecule has 1 heterocycles. The highest BCUT2D eigenvalue weighted by Crippen LogP contribution is 2.43. The van der Waals surface area contributed by atoms with Crippen LogP contribution >= 0.6 is 11.8 Å². The third-order valence-electron chi connectivity index (χ3n) is 4.75. The predicted molar refractivity (Wildman–Crippen MR) is 81.7 cm³/mol. The van der Waals surface area contributed by atoms with Gasteiger partial charge in [-0.1, -0.05) is 27.2 Å². The number of hydrogen-bond acceptors (Lipinski definition) is 4. The van der Waals surface area contributed by atoms with Crippen molar-refractivity contribution < 1.29 is 9.84 Å². The van der Waals surface area contributed by atoms with Gasteiger partial charge in [-0.3, -0.25) is 0 Å². The van der Waals surface area contributed by atoms with Crippen LogP contribution < -0.4 is 5.32 Å². The lowest BCUT2D eigenvalue weighted by Gasteiger charge is -2.52. The number of hydrogen-bond donors (Lipinski definition) is 2. The summed E-state index contributed by atoms with van der Waals surface area (Å²) in [7, 11) is 0. The highest BCUT2D eigenvalue weighted by atomic mass is 32.2. The van der Waals surface area contributed by atoms with Gasteiger partial charge in [-0.2, -0.15) is 11.8 Å². The highest BCUT2D eigenvalue weighted by molar-refractivity contribution is 7.99. The smallest absolute Gasteiger partial charge is 0.0869 e. The van der Waals surface area contributed by atoms with E-state index in [0.717, 1.165) is 43.9 Å². The molecule has 1 saturated heterocycles. The molecule has 0 amide bonds. The van der Waals surface area contributed by atoms with Crippen LogP contribution in [-0.4, -0.2) is 47.5 Å². The summed E-state index contributed by atoms with van der Waals surface area (Å²) in [5.74, 6) is 1.97. The van der Waals surface area contributed by atoms with Crippen molar-refractivity contribution in [2.75, 3.05) is 24.7 Å². The van der Waals surface area contributed by atoms with Crippen molar-refractivity contribution in [1.29, 1.82) is 0 Å². The zero-order chi connectivity index (χ0) is 13.9. The summed E-state index contributed by atoms with van der Waals surface area (Å²) >= 11 is 1.86. The molecule has 19 heavy (non-hydrogen) atoms. The Bertz CT molecular complexity index is 290. The van der Waals surface area contributed by atoms with Crippen molar-refractivity contribution in [2.24, 2.45) is 5.41 Å². The minimum absolute atomic E-state index is 0.190. The van der Waals surface area contributed by atoms with Crippen LogP contribution in [-0.2, 0) is 4.74 Å². The van der Waals surface area contributed by atoms with Gasteiger partial charge in [-0.05, 0) is 25.0 Å². The average Bonchev–Trinajstić information content (AvgIpc) is 2.79. The summed E-state index contributed by atoms with van der Waals surface area (Å²) in [6, 6.07) is 0.480. The Morgan fingerprint density at radius 2 is 2.21 bits per heavy atom. The normalized spacial score (nSPS) is 37.3. The van der Waals surface area contributed by atoms with Gasteiger partial charge in [0.05, 0.1) is 11.7 Å². The van der Waals surface area contributed by atoms with Gasteiger partial charge in [-0.25, -0.2) is 0 Å². The third kappa shape index (κ3) is 3.66. The number of nitrogens with one attached hydrogen (secondary N) is 1. The lowest BCUT2D eigenvalue weighted by Crippen LogP contribution is -2.63. The fraction of sp³-hybridized carbons (Fsp3) is 1.00. The number of rotatable bonds is 7. The van der Waals surface area contributed by atoms with Gasteiger partial charge in [0.15, 0.2) is 0 Å². The Morgan fingerprint density at radius 1 is 1.42 bits per heavy atom. The van der Waals surface area contributed by atoms with E-state index < -0.39 is 5.60 Å². The molecule has 2 fully saturated rings. The lowest BCUT2D eigenvalue weighted by molar-refractivity contribution is -0.121. The van der Waals surface area contributed by atoms with Crippen LogP contribution in [0.5, 0.6) is 0 Å². The Kier molecular flexibility index (Phi) is 5.21. The van der Waals surface area contributed by atoms with Crippen LogP contribution in [0.3, 0.4) is 0 Å². The van der Waals surface area contributed by atoms with Crippen molar-refractivity contribution in [3.8, 4) is 0 Å². The summed E-state index contributed by atoms with van der Waals surface area (Å²) in [5.41, 5.74) is -0.287. The summed E-state index contributed by atoms with van der Waals surface area (Å²) in [5, 5.41) is 13.9. The van der Waals surface area contributed by atoms with E-state index in [4.69, 9.17) is 4.74 Å². The van der Waals surface area contributed by atoms with Crippen LogP contribution in [0.1, 0.15) is 46.5 Å². The van der Waals surface area contributed by atoms with Crippen LogP contribution in [0.4, 0.5) is 0 Å². The summed E-state index contributed by atoms with van der Waals surface area (Å²) in [6.07, 6.45) is 4.74. The average molecular weight is 287 g/mol. The summed E-state index contributed by atoms with van der Waals surface area (Å²) in [6.45, 7) is 8.37.